The second kappa shape index (κ2) is 6.89. The van der Waals surface area contributed by atoms with Gasteiger partial charge in [-0.3, -0.25) is 10.1 Å². The zero-order valence-corrected chi connectivity index (χ0v) is 13.0. The molecule has 7 heteroatoms. The van der Waals surface area contributed by atoms with Crippen molar-refractivity contribution >= 4 is 11.5 Å². The highest BCUT2D eigenvalue weighted by atomic mass is 16.6. The van der Waals surface area contributed by atoms with Gasteiger partial charge in [0.25, 0.3) is 0 Å². The third-order valence-corrected chi connectivity index (χ3v) is 3.99. The summed E-state index contributed by atoms with van der Waals surface area (Å²) in [6, 6.07) is 0. The Labute approximate surface area is 124 Å². The van der Waals surface area contributed by atoms with Crippen molar-refractivity contribution in [2.75, 3.05) is 18.5 Å². The monoisotopic (exact) mass is 296 g/mol. The number of ether oxygens (including phenoxy) is 1. The first-order valence-corrected chi connectivity index (χ1v) is 7.65. The van der Waals surface area contributed by atoms with Crippen LogP contribution in [-0.2, 0) is 11.3 Å². The molecule has 1 fully saturated rings. The van der Waals surface area contributed by atoms with Crippen molar-refractivity contribution in [1.82, 2.24) is 9.78 Å². The van der Waals surface area contributed by atoms with Gasteiger partial charge in [-0.15, -0.1) is 0 Å². The first-order valence-electron chi connectivity index (χ1n) is 7.65. The molecule has 2 rings (SSSR count). The van der Waals surface area contributed by atoms with Crippen LogP contribution in [0.25, 0.3) is 0 Å². The summed E-state index contributed by atoms with van der Waals surface area (Å²) in [6.07, 6.45) is 3.11. The van der Waals surface area contributed by atoms with Gasteiger partial charge in [-0.05, 0) is 26.2 Å². The third-order valence-electron chi connectivity index (χ3n) is 3.99. The van der Waals surface area contributed by atoms with Crippen LogP contribution in [0.5, 0.6) is 0 Å². The molecule has 0 aliphatic carbocycles. The van der Waals surface area contributed by atoms with Crippen LogP contribution in [0.3, 0.4) is 0 Å². The Morgan fingerprint density at radius 1 is 1.52 bits per heavy atom. The first kappa shape index (κ1) is 15.8. The van der Waals surface area contributed by atoms with E-state index in [1.807, 2.05) is 6.92 Å². The van der Waals surface area contributed by atoms with Crippen LogP contribution in [0.2, 0.25) is 0 Å². The molecule has 0 amide bonds. The molecule has 118 valence electrons. The van der Waals surface area contributed by atoms with Gasteiger partial charge in [0.15, 0.2) is 0 Å². The van der Waals surface area contributed by atoms with Crippen molar-refractivity contribution in [3.8, 4) is 0 Å². The van der Waals surface area contributed by atoms with E-state index in [0.717, 1.165) is 25.9 Å². The minimum absolute atomic E-state index is 0.0930. The van der Waals surface area contributed by atoms with Gasteiger partial charge in [-0.25, -0.2) is 4.68 Å². The number of nitrogens with zero attached hydrogens (tertiary/aromatic N) is 3. The molecular formula is C14H24N4O3. The summed E-state index contributed by atoms with van der Waals surface area (Å²) >= 11 is 0. The maximum absolute atomic E-state index is 11.3. The molecule has 1 saturated heterocycles. The zero-order chi connectivity index (χ0) is 15.4. The van der Waals surface area contributed by atoms with Gasteiger partial charge in [-0.2, -0.15) is 5.10 Å². The molecule has 0 bridgehead atoms. The number of hydrogen-bond acceptors (Lipinski definition) is 5. The molecule has 0 spiro atoms. The SMILES string of the molecule is CCCn1nc(C)c([N+](=O)[O-])c1NCC1CCOC1CC. The van der Waals surface area contributed by atoms with Crippen LogP contribution in [0.1, 0.15) is 38.8 Å². The predicted molar refractivity (Wildman–Crippen MR) is 80.5 cm³/mol. The Hall–Kier alpha value is -1.63. The van der Waals surface area contributed by atoms with Gasteiger partial charge < -0.3 is 10.1 Å². The lowest BCUT2D eigenvalue weighted by atomic mass is 10.00. The third kappa shape index (κ3) is 3.34. The normalized spacial score (nSPS) is 21.7. The van der Waals surface area contributed by atoms with Gasteiger partial charge in [0.1, 0.15) is 5.69 Å². The van der Waals surface area contributed by atoms with Crippen molar-refractivity contribution < 1.29 is 9.66 Å². The topological polar surface area (TPSA) is 82.2 Å². The summed E-state index contributed by atoms with van der Waals surface area (Å²) in [6.45, 7) is 7.97. The maximum Gasteiger partial charge on any atom is 0.333 e. The lowest BCUT2D eigenvalue weighted by Gasteiger charge is -2.18. The average molecular weight is 296 g/mol. The standard InChI is InChI=1S/C14H24N4O3/c1-4-7-17-14(13(18(19)20)10(3)16-17)15-9-11-6-8-21-12(11)5-2/h11-12,15H,4-9H2,1-3H3. The van der Waals surface area contributed by atoms with E-state index in [0.29, 0.717) is 30.5 Å². The zero-order valence-electron chi connectivity index (χ0n) is 13.0. The summed E-state index contributed by atoms with van der Waals surface area (Å²) in [7, 11) is 0. The Kier molecular flexibility index (Phi) is 5.17. The van der Waals surface area contributed by atoms with Crippen LogP contribution < -0.4 is 5.32 Å². The second-order valence-electron chi connectivity index (χ2n) is 5.51. The van der Waals surface area contributed by atoms with Crippen molar-refractivity contribution in [1.29, 1.82) is 0 Å². The summed E-state index contributed by atoms with van der Waals surface area (Å²) in [4.78, 5) is 10.9. The fourth-order valence-corrected chi connectivity index (χ4v) is 2.94. The van der Waals surface area contributed by atoms with Crippen molar-refractivity contribution in [3.63, 3.8) is 0 Å². The van der Waals surface area contributed by atoms with E-state index >= 15 is 0 Å². The Balaban J connectivity index is 2.15. The number of hydrogen-bond donors (Lipinski definition) is 1. The highest BCUT2D eigenvalue weighted by molar-refractivity contribution is 5.59. The first-order chi connectivity index (χ1) is 10.1. The molecule has 2 heterocycles. The van der Waals surface area contributed by atoms with E-state index in [1.54, 1.807) is 11.6 Å². The molecule has 0 saturated carbocycles. The smallest absolute Gasteiger partial charge is 0.333 e. The average Bonchev–Trinajstić information content (AvgIpc) is 3.00. The Morgan fingerprint density at radius 2 is 2.29 bits per heavy atom. The summed E-state index contributed by atoms with van der Waals surface area (Å²) in [5.74, 6) is 0.931. The number of anilines is 1. The Morgan fingerprint density at radius 3 is 2.90 bits per heavy atom. The van der Waals surface area contributed by atoms with E-state index < -0.39 is 0 Å². The van der Waals surface area contributed by atoms with Gasteiger partial charge in [0, 0.05) is 25.6 Å². The highest BCUT2D eigenvalue weighted by Gasteiger charge is 2.29. The van der Waals surface area contributed by atoms with E-state index in [9.17, 15) is 10.1 Å². The number of aromatic nitrogens is 2. The molecule has 21 heavy (non-hydrogen) atoms. The minimum Gasteiger partial charge on any atom is -0.378 e. The van der Waals surface area contributed by atoms with E-state index in [-0.39, 0.29) is 16.7 Å². The van der Waals surface area contributed by atoms with E-state index in [4.69, 9.17) is 4.74 Å². The molecule has 1 aromatic heterocycles. The van der Waals surface area contributed by atoms with Crippen LogP contribution in [0.15, 0.2) is 0 Å². The number of nitrogens with one attached hydrogen (secondary N) is 1. The predicted octanol–water partition coefficient (Wildman–Crippen LogP) is 2.74. The van der Waals surface area contributed by atoms with Crippen LogP contribution >= 0.6 is 0 Å². The molecular weight excluding hydrogens is 272 g/mol. The lowest BCUT2D eigenvalue weighted by molar-refractivity contribution is -0.384. The second-order valence-corrected chi connectivity index (χ2v) is 5.51. The number of rotatable bonds is 7. The summed E-state index contributed by atoms with van der Waals surface area (Å²) in [5, 5.41) is 18.8. The van der Waals surface area contributed by atoms with Gasteiger partial charge in [-0.1, -0.05) is 13.8 Å². The molecule has 1 aromatic rings. The van der Waals surface area contributed by atoms with E-state index in [1.165, 1.54) is 0 Å². The summed E-state index contributed by atoms with van der Waals surface area (Å²) in [5.41, 5.74) is 0.557. The largest absolute Gasteiger partial charge is 0.378 e. The maximum atomic E-state index is 11.3. The molecule has 0 aromatic carbocycles. The van der Waals surface area contributed by atoms with Gasteiger partial charge in [0.05, 0.1) is 11.0 Å². The number of aryl methyl sites for hydroxylation is 2. The van der Waals surface area contributed by atoms with Crippen LogP contribution in [-0.4, -0.2) is 34.0 Å². The molecule has 7 nitrogen and oxygen atoms in total. The van der Waals surface area contributed by atoms with Gasteiger partial charge in [0.2, 0.25) is 5.82 Å². The fraction of sp³-hybridized carbons (Fsp3) is 0.786. The van der Waals surface area contributed by atoms with E-state index in [2.05, 4.69) is 17.3 Å². The quantitative estimate of drug-likeness (QED) is 0.618. The molecule has 1 aliphatic rings. The van der Waals surface area contributed by atoms with Crippen LogP contribution in [0, 0.1) is 23.0 Å². The van der Waals surface area contributed by atoms with Crippen molar-refractivity contribution in [3.05, 3.63) is 15.8 Å². The molecule has 2 unspecified atom stereocenters. The molecule has 0 radical (unpaired) electrons. The molecule has 2 atom stereocenters. The molecule has 1 N–H and O–H groups in total. The lowest BCUT2D eigenvalue weighted by Crippen LogP contribution is -2.24. The number of nitro groups is 1. The van der Waals surface area contributed by atoms with Crippen molar-refractivity contribution in [2.24, 2.45) is 5.92 Å². The van der Waals surface area contributed by atoms with Crippen molar-refractivity contribution in [2.45, 2.75) is 52.7 Å². The van der Waals surface area contributed by atoms with Gasteiger partial charge >= 0.3 is 5.69 Å². The minimum atomic E-state index is -0.348. The molecule has 1 aliphatic heterocycles. The summed E-state index contributed by atoms with van der Waals surface area (Å²) < 4.78 is 7.38. The Bertz CT molecular complexity index is 501. The highest BCUT2D eigenvalue weighted by Crippen LogP contribution is 2.30. The fourth-order valence-electron chi connectivity index (χ4n) is 2.94. The van der Waals surface area contributed by atoms with Crippen LogP contribution in [0.4, 0.5) is 11.5 Å².